The molecule has 0 amide bonds. The number of nitrogens with one attached hydrogen (secondary N) is 1. The van der Waals surface area contributed by atoms with E-state index in [2.05, 4.69) is 10.2 Å². The maximum atomic E-state index is 10.2. The first kappa shape index (κ1) is 20.6. The molecule has 3 rings (SSSR count). The Morgan fingerprint density at radius 2 is 1.82 bits per heavy atom. The number of hydrogen-bond donors (Lipinski definition) is 5. The van der Waals surface area contributed by atoms with Crippen LogP contribution < -0.4 is 9.47 Å². The Morgan fingerprint density at radius 1 is 1.11 bits per heavy atom. The Hall–Kier alpha value is -2.17. The van der Waals surface area contributed by atoms with Crippen molar-refractivity contribution in [3.8, 4) is 11.6 Å². The van der Waals surface area contributed by atoms with E-state index >= 15 is 0 Å². The normalized spacial score (nSPS) is 27.6. The fourth-order valence-electron chi connectivity index (χ4n) is 3.08. The molecule has 28 heavy (non-hydrogen) atoms. The monoisotopic (exact) mass is 394 g/mol. The van der Waals surface area contributed by atoms with Crippen molar-refractivity contribution < 1.29 is 34.6 Å². The van der Waals surface area contributed by atoms with Gasteiger partial charge < -0.3 is 34.6 Å². The Labute approximate surface area is 162 Å². The van der Waals surface area contributed by atoms with E-state index in [0.29, 0.717) is 13.0 Å². The minimum absolute atomic E-state index is 0.218. The molecule has 0 saturated carbocycles. The number of aryl methyl sites for hydroxylation is 1. The summed E-state index contributed by atoms with van der Waals surface area (Å²) in [7, 11) is 0. The van der Waals surface area contributed by atoms with E-state index in [4.69, 9.17) is 14.2 Å². The lowest BCUT2D eigenvalue weighted by molar-refractivity contribution is -0.278. The topological polar surface area (TPSA) is 137 Å². The van der Waals surface area contributed by atoms with Gasteiger partial charge in [0.2, 0.25) is 12.2 Å². The predicted octanol–water partition coefficient (Wildman–Crippen LogP) is -0.114. The van der Waals surface area contributed by atoms with Gasteiger partial charge in [-0.25, -0.2) is 0 Å². The average molecular weight is 394 g/mol. The highest BCUT2D eigenvalue weighted by Crippen LogP contribution is 2.28. The summed E-state index contributed by atoms with van der Waals surface area (Å²) in [6, 6.07) is 7.64. The second-order valence-electron chi connectivity index (χ2n) is 6.70. The van der Waals surface area contributed by atoms with Crippen LogP contribution in [0, 0.1) is 6.92 Å². The van der Waals surface area contributed by atoms with Gasteiger partial charge in [0.15, 0.2) is 0 Å². The van der Waals surface area contributed by atoms with Crippen LogP contribution in [0.3, 0.4) is 0 Å². The van der Waals surface area contributed by atoms with Crippen LogP contribution in [0.25, 0.3) is 0 Å². The number of ether oxygens (including phenoxy) is 3. The van der Waals surface area contributed by atoms with Crippen molar-refractivity contribution in [3.63, 3.8) is 0 Å². The van der Waals surface area contributed by atoms with Crippen LogP contribution in [-0.4, -0.2) is 74.5 Å². The van der Waals surface area contributed by atoms with E-state index in [-0.39, 0.29) is 5.88 Å². The number of rotatable bonds is 7. The largest absolute Gasteiger partial charge is 0.494 e. The number of aromatic amines is 1. The van der Waals surface area contributed by atoms with Gasteiger partial charge >= 0.3 is 0 Å². The zero-order valence-electron chi connectivity index (χ0n) is 15.8. The molecule has 0 aliphatic carbocycles. The summed E-state index contributed by atoms with van der Waals surface area (Å²) in [5.74, 6) is 1.00. The Balaban J connectivity index is 1.75. The number of aromatic nitrogens is 2. The molecule has 1 aliphatic heterocycles. The molecule has 1 aromatic heterocycles. The van der Waals surface area contributed by atoms with E-state index in [1.54, 1.807) is 0 Å². The van der Waals surface area contributed by atoms with E-state index < -0.39 is 37.3 Å². The van der Waals surface area contributed by atoms with Crippen molar-refractivity contribution in [2.45, 2.75) is 51.0 Å². The lowest BCUT2D eigenvalue weighted by atomic mass is 9.99. The van der Waals surface area contributed by atoms with Crippen molar-refractivity contribution in [2.24, 2.45) is 0 Å². The van der Waals surface area contributed by atoms with Crippen molar-refractivity contribution in [1.29, 1.82) is 0 Å². The van der Waals surface area contributed by atoms with Crippen molar-refractivity contribution >= 4 is 0 Å². The lowest BCUT2D eigenvalue weighted by Crippen LogP contribution is -2.60. The molecule has 5 N–H and O–H groups in total. The summed E-state index contributed by atoms with van der Waals surface area (Å²) in [6.07, 6.45) is -6.25. The van der Waals surface area contributed by atoms with Crippen LogP contribution in [0.5, 0.6) is 11.6 Å². The molecule has 1 fully saturated rings. The van der Waals surface area contributed by atoms with E-state index in [1.807, 2.05) is 38.1 Å². The summed E-state index contributed by atoms with van der Waals surface area (Å²) in [5, 5.41) is 46.2. The first-order chi connectivity index (χ1) is 13.4. The van der Waals surface area contributed by atoms with Gasteiger partial charge in [-0.1, -0.05) is 12.1 Å². The number of nitrogens with zero attached hydrogens (tertiary/aromatic N) is 1. The molecule has 0 spiro atoms. The quantitative estimate of drug-likeness (QED) is 0.439. The Morgan fingerprint density at radius 3 is 2.46 bits per heavy atom. The predicted molar refractivity (Wildman–Crippen MR) is 98.1 cm³/mol. The molecule has 0 bridgehead atoms. The number of benzene rings is 1. The average Bonchev–Trinajstić information content (AvgIpc) is 3.03. The summed E-state index contributed by atoms with van der Waals surface area (Å²) < 4.78 is 16.5. The summed E-state index contributed by atoms with van der Waals surface area (Å²) in [4.78, 5) is 0. The first-order valence-corrected chi connectivity index (χ1v) is 9.17. The van der Waals surface area contributed by atoms with Gasteiger partial charge in [-0.3, -0.25) is 5.10 Å². The van der Waals surface area contributed by atoms with Crippen LogP contribution in [0.4, 0.5) is 0 Å². The van der Waals surface area contributed by atoms with Gasteiger partial charge in [0.25, 0.3) is 0 Å². The minimum Gasteiger partial charge on any atom is -0.494 e. The van der Waals surface area contributed by atoms with Gasteiger partial charge in [-0.15, -0.1) is 5.10 Å². The molecule has 1 saturated heterocycles. The van der Waals surface area contributed by atoms with Gasteiger partial charge in [-0.05, 0) is 31.5 Å². The molecule has 1 aliphatic rings. The molecule has 0 radical (unpaired) electrons. The third kappa shape index (κ3) is 4.29. The van der Waals surface area contributed by atoms with Crippen molar-refractivity contribution in [1.82, 2.24) is 10.2 Å². The Bertz CT molecular complexity index is 762. The van der Waals surface area contributed by atoms with Gasteiger partial charge in [0.1, 0.15) is 30.2 Å². The van der Waals surface area contributed by atoms with Crippen molar-refractivity contribution in [2.75, 3.05) is 13.2 Å². The highest BCUT2D eigenvalue weighted by molar-refractivity contribution is 5.37. The second-order valence-corrected chi connectivity index (χ2v) is 6.70. The van der Waals surface area contributed by atoms with E-state index in [0.717, 1.165) is 22.6 Å². The zero-order valence-corrected chi connectivity index (χ0v) is 15.8. The molecule has 154 valence electrons. The summed E-state index contributed by atoms with van der Waals surface area (Å²) >= 11 is 0. The highest BCUT2D eigenvalue weighted by Gasteiger charge is 2.45. The molecule has 0 unspecified atom stereocenters. The number of hydrogen-bond acceptors (Lipinski definition) is 8. The van der Waals surface area contributed by atoms with E-state index in [1.165, 1.54) is 0 Å². The van der Waals surface area contributed by atoms with E-state index in [9.17, 15) is 20.4 Å². The van der Waals surface area contributed by atoms with Crippen molar-refractivity contribution in [3.05, 3.63) is 41.1 Å². The molecule has 2 heterocycles. The standard InChI is InChI=1S/C19H26N2O7/c1-3-26-12-6-4-11(5-7-12)8-13-10(2)20-21-18(13)28-19-17(25)16(24)15(23)14(9-22)27-19/h4-7,14-17,19,22-25H,3,8-9H2,1-2H3,(H,20,21)/t14-,15-,16+,17-,19-/m1/s1. The number of aliphatic hydroxyl groups is 4. The maximum absolute atomic E-state index is 10.2. The van der Waals surface area contributed by atoms with Gasteiger partial charge in [0, 0.05) is 17.7 Å². The maximum Gasteiger partial charge on any atom is 0.238 e. The Kier molecular flexibility index (Phi) is 6.53. The van der Waals surface area contributed by atoms with Crippen LogP contribution in [0.1, 0.15) is 23.7 Å². The molecule has 9 nitrogen and oxygen atoms in total. The molecule has 5 atom stereocenters. The SMILES string of the molecule is CCOc1ccc(Cc2c(O[C@H]3O[C@H](CO)[C@@H](O)[C@H](O)[C@H]3O)n[nH]c2C)cc1. The molecule has 2 aromatic rings. The minimum atomic E-state index is -1.51. The fourth-order valence-corrected chi connectivity index (χ4v) is 3.08. The fraction of sp³-hybridized carbons (Fsp3) is 0.526. The van der Waals surface area contributed by atoms with Crippen LogP contribution in [0.2, 0.25) is 0 Å². The third-order valence-corrected chi connectivity index (χ3v) is 4.73. The molecular formula is C19H26N2O7. The number of H-pyrrole nitrogens is 1. The van der Waals surface area contributed by atoms with Gasteiger partial charge in [0.05, 0.1) is 13.2 Å². The summed E-state index contributed by atoms with van der Waals surface area (Å²) in [5.41, 5.74) is 2.56. The molecule has 1 aromatic carbocycles. The zero-order chi connectivity index (χ0) is 20.3. The smallest absolute Gasteiger partial charge is 0.238 e. The second kappa shape index (κ2) is 8.89. The number of aliphatic hydroxyl groups excluding tert-OH is 4. The first-order valence-electron chi connectivity index (χ1n) is 9.17. The lowest BCUT2D eigenvalue weighted by Gasteiger charge is -2.39. The van der Waals surface area contributed by atoms with Gasteiger partial charge in [-0.2, -0.15) is 0 Å². The highest BCUT2D eigenvalue weighted by atomic mass is 16.7. The van der Waals surface area contributed by atoms with Crippen LogP contribution in [-0.2, 0) is 11.2 Å². The summed E-state index contributed by atoms with van der Waals surface area (Å²) in [6.45, 7) is 3.84. The van der Waals surface area contributed by atoms with Crippen LogP contribution >= 0.6 is 0 Å². The molecule has 9 heteroatoms. The third-order valence-electron chi connectivity index (χ3n) is 4.73. The van der Waals surface area contributed by atoms with Crippen LogP contribution in [0.15, 0.2) is 24.3 Å². The molecular weight excluding hydrogens is 368 g/mol.